The van der Waals surface area contributed by atoms with E-state index in [1.165, 1.54) is 13.1 Å². The van der Waals surface area contributed by atoms with Gasteiger partial charge in [-0.1, -0.05) is 0 Å². The molecule has 100 valence electrons. The highest BCUT2D eigenvalue weighted by Crippen LogP contribution is 2.31. The van der Waals surface area contributed by atoms with Crippen molar-refractivity contribution in [2.75, 3.05) is 11.1 Å². The van der Waals surface area contributed by atoms with Crippen molar-refractivity contribution in [3.05, 3.63) is 45.6 Å². The molecule has 0 aliphatic heterocycles. The number of aryl methyl sites for hydroxylation is 1. The Morgan fingerprint density at radius 2 is 1.89 bits per heavy atom. The Labute approximate surface area is 118 Å². The van der Waals surface area contributed by atoms with E-state index >= 15 is 0 Å². The highest BCUT2D eigenvalue weighted by Gasteiger charge is 2.12. The van der Waals surface area contributed by atoms with E-state index in [2.05, 4.69) is 26.2 Å². The van der Waals surface area contributed by atoms with Crippen molar-refractivity contribution in [2.45, 2.75) is 13.8 Å². The van der Waals surface area contributed by atoms with Gasteiger partial charge in [-0.25, -0.2) is 13.8 Å². The number of nitrogens with zero attached hydrogens (tertiary/aromatic N) is 1. The Morgan fingerprint density at radius 1 is 1.21 bits per heavy atom. The lowest BCUT2D eigenvalue weighted by molar-refractivity contribution is 0.595. The van der Waals surface area contributed by atoms with Crippen molar-refractivity contribution in [1.82, 2.24) is 4.98 Å². The van der Waals surface area contributed by atoms with Crippen LogP contribution < -0.4 is 11.1 Å². The third-order valence-corrected chi connectivity index (χ3v) is 3.77. The maximum absolute atomic E-state index is 13.7. The summed E-state index contributed by atoms with van der Waals surface area (Å²) in [7, 11) is 0. The number of hydrogen-bond donors (Lipinski definition) is 2. The van der Waals surface area contributed by atoms with E-state index in [-0.39, 0.29) is 11.3 Å². The third kappa shape index (κ3) is 2.68. The predicted molar refractivity (Wildman–Crippen MR) is 75.5 cm³/mol. The van der Waals surface area contributed by atoms with Crippen molar-refractivity contribution in [1.29, 1.82) is 0 Å². The standard InChI is InChI=1S/C13H12BrF2N3/c1-6-3-9(16)11(4-8(6)15)19-13-12(14)7(2)10(17)5-18-13/h3-5H,17H2,1-2H3,(H,18,19). The zero-order valence-corrected chi connectivity index (χ0v) is 12.0. The van der Waals surface area contributed by atoms with Gasteiger partial charge in [0.1, 0.15) is 17.5 Å². The van der Waals surface area contributed by atoms with Crippen LogP contribution in [0.5, 0.6) is 0 Å². The number of nitrogens with one attached hydrogen (secondary N) is 1. The molecule has 1 aromatic carbocycles. The maximum Gasteiger partial charge on any atom is 0.147 e. The van der Waals surface area contributed by atoms with Crippen LogP contribution in [0.4, 0.5) is 26.0 Å². The van der Waals surface area contributed by atoms with Crippen molar-refractivity contribution >= 4 is 33.1 Å². The number of nitrogen functional groups attached to an aromatic ring is 1. The number of aromatic nitrogens is 1. The predicted octanol–water partition coefficient (Wildman–Crippen LogP) is 4.06. The fourth-order valence-corrected chi connectivity index (χ4v) is 1.98. The Balaban J connectivity index is 2.42. The van der Waals surface area contributed by atoms with Gasteiger partial charge in [0.25, 0.3) is 0 Å². The van der Waals surface area contributed by atoms with Crippen LogP contribution in [0.3, 0.4) is 0 Å². The quantitative estimate of drug-likeness (QED) is 0.874. The first-order valence-corrected chi connectivity index (χ1v) is 6.32. The van der Waals surface area contributed by atoms with Gasteiger partial charge < -0.3 is 11.1 Å². The smallest absolute Gasteiger partial charge is 0.147 e. The van der Waals surface area contributed by atoms with Crippen LogP contribution in [0.25, 0.3) is 0 Å². The fraction of sp³-hybridized carbons (Fsp3) is 0.154. The molecule has 0 bridgehead atoms. The largest absolute Gasteiger partial charge is 0.397 e. The Morgan fingerprint density at radius 3 is 2.58 bits per heavy atom. The number of hydrogen-bond acceptors (Lipinski definition) is 3. The zero-order valence-electron chi connectivity index (χ0n) is 10.4. The summed E-state index contributed by atoms with van der Waals surface area (Å²) in [5.74, 6) is -0.636. The van der Waals surface area contributed by atoms with Crippen molar-refractivity contribution in [3.8, 4) is 0 Å². The van der Waals surface area contributed by atoms with E-state index in [4.69, 9.17) is 5.73 Å². The molecule has 1 aromatic heterocycles. The van der Waals surface area contributed by atoms with E-state index in [0.717, 1.165) is 17.7 Å². The molecule has 0 aliphatic carbocycles. The van der Waals surface area contributed by atoms with Gasteiger partial charge in [-0.3, -0.25) is 0 Å². The van der Waals surface area contributed by atoms with Crippen LogP contribution in [0, 0.1) is 25.5 Å². The number of benzene rings is 1. The molecule has 19 heavy (non-hydrogen) atoms. The van der Waals surface area contributed by atoms with E-state index in [1.807, 2.05) is 0 Å². The Bertz CT molecular complexity index is 644. The molecule has 0 saturated carbocycles. The molecule has 0 aliphatic rings. The fourth-order valence-electron chi connectivity index (χ4n) is 1.55. The Kier molecular flexibility index (Phi) is 3.71. The van der Waals surface area contributed by atoms with E-state index in [0.29, 0.717) is 16.0 Å². The molecule has 0 radical (unpaired) electrons. The first-order chi connectivity index (χ1) is 8.90. The van der Waals surface area contributed by atoms with Gasteiger partial charge in [0.15, 0.2) is 0 Å². The molecule has 0 atom stereocenters. The molecule has 0 amide bonds. The van der Waals surface area contributed by atoms with Gasteiger partial charge in [0, 0.05) is 6.07 Å². The SMILES string of the molecule is Cc1cc(F)c(Nc2ncc(N)c(C)c2Br)cc1F. The maximum atomic E-state index is 13.7. The number of rotatable bonds is 2. The van der Waals surface area contributed by atoms with Gasteiger partial charge in [-0.2, -0.15) is 0 Å². The van der Waals surface area contributed by atoms with Gasteiger partial charge in [-0.05, 0) is 47.0 Å². The van der Waals surface area contributed by atoms with Crippen molar-refractivity contribution < 1.29 is 8.78 Å². The average Bonchev–Trinajstić information content (AvgIpc) is 2.36. The summed E-state index contributed by atoms with van der Waals surface area (Å²) in [4.78, 5) is 4.06. The van der Waals surface area contributed by atoms with E-state index in [1.54, 1.807) is 6.92 Å². The second kappa shape index (κ2) is 5.13. The van der Waals surface area contributed by atoms with E-state index in [9.17, 15) is 8.78 Å². The average molecular weight is 328 g/mol. The van der Waals surface area contributed by atoms with Crippen molar-refractivity contribution in [2.24, 2.45) is 0 Å². The minimum absolute atomic E-state index is 0.0282. The third-order valence-electron chi connectivity index (χ3n) is 2.80. The molecular weight excluding hydrogens is 316 g/mol. The topological polar surface area (TPSA) is 50.9 Å². The van der Waals surface area contributed by atoms with Crippen LogP contribution in [0.2, 0.25) is 0 Å². The Hall–Kier alpha value is -1.69. The van der Waals surface area contributed by atoms with Gasteiger partial charge in [0.2, 0.25) is 0 Å². The second-order valence-electron chi connectivity index (χ2n) is 4.21. The van der Waals surface area contributed by atoms with Gasteiger partial charge in [-0.15, -0.1) is 0 Å². The molecule has 0 unspecified atom stereocenters. The summed E-state index contributed by atoms with van der Waals surface area (Å²) in [5.41, 5.74) is 7.29. The summed E-state index contributed by atoms with van der Waals surface area (Å²) in [5, 5.41) is 2.75. The highest BCUT2D eigenvalue weighted by molar-refractivity contribution is 9.10. The van der Waals surface area contributed by atoms with Crippen LogP contribution in [-0.2, 0) is 0 Å². The molecule has 3 nitrogen and oxygen atoms in total. The van der Waals surface area contributed by atoms with Crippen LogP contribution in [0.1, 0.15) is 11.1 Å². The lowest BCUT2D eigenvalue weighted by atomic mass is 10.2. The molecule has 2 aromatic rings. The molecule has 0 fully saturated rings. The second-order valence-corrected chi connectivity index (χ2v) is 5.00. The summed E-state index contributed by atoms with van der Waals surface area (Å²) < 4.78 is 27.8. The number of halogens is 3. The summed E-state index contributed by atoms with van der Waals surface area (Å²) in [6, 6.07) is 2.24. The number of pyridine rings is 1. The summed E-state index contributed by atoms with van der Waals surface area (Å²) in [6.07, 6.45) is 1.46. The minimum atomic E-state index is -0.540. The lowest BCUT2D eigenvalue weighted by Gasteiger charge is -2.12. The molecule has 2 rings (SSSR count). The van der Waals surface area contributed by atoms with Crippen LogP contribution >= 0.6 is 15.9 Å². The molecular formula is C13H12BrF2N3. The first kappa shape index (κ1) is 13.7. The van der Waals surface area contributed by atoms with Crippen molar-refractivity contribution in [3.63, 3.8) is 0 Å². The molecule has 0 saturated heterocycles. The van der Waals surface area contributed by atoms with E-state index < -0.39 is 11.6 Å². The van der Waals surface area contributed by atoms with Gasteiger partial charge >= 0.3 is 0 Å². The summed E-state index contributed by atoms with van der Waals surface area (Å²) in [6.45, 7) is 3.31. The molecule has 6 heteroatoms. The normalized spacial score (nSPS) is 10.6. The minimum Gasteiger partial charge on any atom is -0.397 e. The molecule has 0 spiro atoms. The zero-order chi connectivity index (χ0) is 14.2. The number of nitrogens with two attached hydrogens (primary N) is 1. The monoisotopic (exact) mass is 327 g/mol. The highest BCUT2D eigenvalue weighted by atomic mass is 79.9. The van der Waals surface area contributed by atoms with Gasteiger partial charge in [0.05, 0.1) is 22.0 Å². The number of anilines is 3. The lowest BCUT2D eigenvalue weighted by Crippen LogP contribution is -2.02. The molecule has 3 N–H and O–H groups in total. The summed E-state index contributed by atoms with van der Waals surface area (Å²) >= 11 is 3.32. The first-order valence-electron chi connectivity index (χ1n) is 5.53. The molecule has 1 heterocycles. The van der Waals surface area contributed by atoms with Crippen LogP contribution in [-0.4, -0.2) is 4.98 Å². The van der Waals surface area contributed by atoms with Crippen LogP contribution in [0.15, 0.2) is 22.8 Å².